The van der Waals surface area contributed by atoms with Gasteiger partial charge in [-0.25, -0.2) is 9.78 Å². The Kier molecular flexibility index (Phi) is 1.60. The summed E-state index contributed by atoms with van der Waals surface area (Å²) in [5.74, 6) is -0.306. The van der Waals surface area contributed by atoms with Crippen LogP contribution >= 0.6 is 11.3 Å². The predicted molar refractivity (Wildman–Crippen MR) is 52.7 cm³/mol. The third-order valence-corrected chi connectivity index (χ3v) is 2.95. The molecule has 5 nitrogen and oxygen atoms in total. The highest BCUT2D eigenvalue weighted by atomic mass is 32.1. The summed E-state index contributed by atoms with van der Waals surface area (Å²) in [6, 6.07) is 1.56. The molecule has 15 heavy (non-hydrogen) atoms. The van der Waals surface area contributed by atoms with Crippen molar-refractivity contribution < 1.29 is 19.4 Å². The standard InChI is InChI=1S/C9H5NO4S/c11-9(12)4-1-5-6(10-2-15-5)8-7(4)13-3-14-8/h1-2H,3H2,(H,11,12). The van der Waals surface area contributed by atoms with Crippen LogP contribution in [0.4, 0.5) is 0 Å². The van der Waals surface area contributed by atoms with Gasteiger partial charge in [0.1, 0.15) is 11.1 Å². The maximum atomic E-state index is 11.0. The lowest BCUT2D eigenvalue weighted by Gasteiger charge is -2.01. The first-order valence-corrected chi connectivity index (χ1v) is 5.04. The van der Waals surface area contributed by atoms with Crippen molar-refractivity contribution >= 4 is 27.5 Å². The number of thiazole rings is 1. The highest BCUT2D eigenvalue weighted by Crippen LogP contribution is 2.42. The number of hydrogen-bond acceptors (Lipinski definition) is 5. The molecule has 1 aromatic carbocycles. The fraction of sp³-hybridized carbons (Fsp3) is 0.111. The highest BCUT2D eigenvalue weighted by Gasteiger charge is 2.26. The molecule has 0 aliphatic carbocycles. The smallest absolute Gasteiger partial charge is 0.339 e. The lowest BCUT2D eigenvalue weighted by Crippen LogP contribution is -1.99. The zero-order valence-corrected chi connectivity index (χ0v) is 8.21. The van der Waals surface area contributed by atoms with Gasteiger partial charge in [0.2, 0.25) is 6.79 Å². The van der Waals surface area contributed by atoms with Gasteiger partial charge in [0.25, 0.3) is 0 Å². The van der Waals surface area contributed by atoms with Crippen LogP contribution in [0.2, 0.25) is 0 Å². The van der Waals surface area contributed by atoms with Crippen LogP contribution < -0.4 is 9.47 Å². The largest absolute Gasteiger partial charge is 0.478 e. The molecule has 0 saturated carbocycles. The van der Waals surface area contributed by atoms with E-state index in [0.29, 0.717) is 11.3 Å². The van der Waals surface area contributed by atoms with E-state index in [1.165, 1.54) is 11.3 Å². The summed E-state index contributed by atoms with van der Waals surface area (Å²) in [5, 5.41) is 8.99. The van der Waals surface area contributed by atoms with Gasteiger partial charge in [-0.3, -0.25) is 0 Å². The predicted octanol–water partition coefficient (Wildman–Crippen LogP) is 1.72. The van der Waals surface area contributed by atoms with E-state index < -0.39 is 5.97 Å². The topological polar surface area (TPSA) is 68.7 Å². The van der Waals surface area contributed by atoms with Crippen molar-refractivity contribution in [3.8, 4) is 11.5 Å². The molecular weight excluding hydrogens is 218 g/mol. The molecule has 76 valence electrons. The summed E-state index contributed by atoms with van der Waals surface area (Å²) in [4.78, 5) is 15.1. The van der Waals surface area contributed by atoms with E-state index >= 15 is 0 Å². The molecule has 0 amide bonds. The SMILES string of the molecule is O=C(O)c1cc2scnc2c2c1OCO2. The van der Waals surface area contributed by atoms with Crippen LogP contribution in [0.1, 0.15) is 10.4 Å². The summed E-state index contributed by atoms with van der Waals surface area (Å²) >= 11 is 1.37. The third kappa shape index (κ3) is 1.08. The van der Waals surface area contributed by atoms with Crippen molar-refractivity contribution in [2.45, 2.75) is 0 Å². The first-order chi connectivity index (χ1) is 7.27. The van der Waals surface area contributed by atoms with E-state index in [-0.39, 0.29) is 18.1 Å². The van der Waals surface area contributed by atoms with Crippen molar-refractivity contribution in [2.24, 2.45) is 0 Å². The van der Waals surface area contributed by atoms with Crippen molar-refractivity contribution in [1.29, 1.82) is 0 Å². The van der Waals surface area contributed by atoms with Crippen LogP contribution in [0.15, 0.2) is 11.6 Å². The average Bonchev–Trinajstić information content (AvgIpc) is 2.83. The molecule has 1 aliphatic heterocycles. The molecule has 0 bridgehead atoms. The summed E-state index contributed by atoms with van der Waals surface area (Å²) in [5.41, 5.74) is 2.44. The molecule has 2 aromatic rings. The molecule has 2 heterocycles. The number of benzene rings is 1. The van der Waals surface area contributed by atoms with E-state index in [9.17, 15) is 4.79 Å². The molecule has 3 rings (SSSR count). The first kappa shape index (κ1) is 8.49. The Morgan fingerprint density at radius 1 is 1.47 bits per heavy atom. The monoisotopic (exact) mass is 223 g/mol. The number of carboxylic acids is 1. The molecule has 1 aliphatic rings. The second kappa shape index (κ2) is 2.83. The van der Waals surface area contributed by atoms with E-state index in [1.807, 2.05) is 0 Å². The summed E-state index contributed by atoms with van der Waals surface area (Å²) in [7, 11) is 0. The van der Waals surface area contributed by atoms with Crippen molar-refractivity contribution in [2.75, 3.05) is 6.79 Å². The number of aromatic nitrogens is 1. The zero-order valence-electron chi connectivity index (χ0n) is 7.39. The minimum absolute atomic E-state index is 0.0479. The van der Waals surface area contributed by atoms with E-state index in [0.717, 1.165) is 4.70 Å². The van der Waals surface area contributed by atoms with Gasteiger partial charge in [-0.15, -0.1) is 11.3 Å². The maximum Gasteiger partial charge on any atom is 0.339 e. The van der Waals surface area contributed by atoms with Crippen molar-refractivity contribution in [3.63, 3.8) is 0 Å². The number of carboxylic acid groups (broad SMARTS) is 1. The Morgan fingerprint density at radius 3 is 3.07 bits per heavy atom. The van der Waals surface area contributed by atoms with E-state index in [2.05, 4.69) is 4.98 Å². The lowest BCUT2D eigenvalue weighted by molar-refractivity contribution is 0.0692. The Bertz CT molecular complexity index is 562. The molecule has 1 N–H and O–H groups in total. The van der Waals surface area contributed by atoms with Gasteiger partial charge in [-0.1, -0.05) is 0 Å². The Morgan fingerprint density at radius 2 is 2.27 bits per heavy atom. The van der Waals surface area contributed by atoms with Crippen LogP contribution in [-0.4, -0.2) is 22.9 Å². The van der Waals surface area contributed by atoms with Crippen molar-refractivity contribution in [3.05, 3.63) is 17.1 Å². The molecule has 0 radical (unpaired) electrons. The van der Waals surface area contributed by atoms with Crippen LogP contribution in [0.3, 0.4) is 0 Å². The second-order valence-electron chi connectivity index (χ2n) is 2.99. The molecule has 6 heteroatoms. The molecule has 0 atom stereocenters. The second-order valence-corrected chi connectivity index (χ2v) is 3.88. The molecule has 0 unspecified atom stereocenters. The minimum Gasteiger partial charge on any atom is -0.478 e. The van der Waals surface area contributed by atoms with Gasteiger partial charge in [-0.05, 0) is 6.07 Å². The number of rotatable bonds is 1. The molecule has 0 saturated heterocycles. The number of carbonyl (C=O) groups is 1. The fourth-order valence-corrected chi connectivity index (χ4v) is 2.25. The number of hydrogen-bond donors (Lipinski definition) is 1. The third-order valence-electron chi connectivity index (χ3n) is 2.17. The molecular formula is C9H5NO4S. The van der Waals surface area contributed by atoms with Crippen LogP contribution in [0.5, 0.6) is 11.5 Å². The van der Waals surface area contributed by atoms with Gasteiger partial charge in [-0.2, -0.15) is 0 Å². The highest BCUT2D eigenvalue weighted by molar-refractivity contribution is 7.16. The summed E-state index contributed by atoms with van der Waals surface area (Å²) in [6.07, 6.45) is 0. The molecule has 0 spiro atoms. The van der Waals surface area contributed by atoms with Gasteiger partial charge in [0.05, 0.1) is 10.2 Å². The lowest BCUT2D eigenvalue weighted by atomic mass is 10.1. The van der Waals surface area contributed by atoms with Crippen LogP contribution in [0, 0.1) is 0 Å². The van der Waals surface area contributed by atoms with Crippen LogP contribution in [0.25, 0.3) is 10.2 Å². The summed E-state index contributed by atoms with van der Waals surface area (Å²) in [6.45, 7) is 0.0479. The van der Waals surface area contributed by atoms with Gasteiger partial charge in [0, 0.05) is 0 Å². The number of fused-ring (bicyclic) bond motifs is 3. The zero-order chi connectivity index (χ0) is 10.4. The Balaban J connectivity index is 2.42. The van der Waals surface area contributed by atoms with Crippen LogP contribution in [-0.2, 0) is 0 Å². The van der Waals surface area contributed by atoms with Gasteiger partial charge in [0.15, 0.2) is 11.5 Å². The number of nitrogens with zero attached hydrogens (tertiary/aromatic N) is 1. The molecule has 1 aromatic heterocycles. The average molecular weight is 223 g/mol. The van der Waals surface area contributed by atoms with Crippen molar-refractivity contribution in [1.82, 2.24) is 4.98 Å². The first-order valence-electron chi connectivity index (χ1n) is 4.16. The van der Waals surface area contributed by atoms with Gasteiger partial charge < -0.3 is 14.6 Å². The quantitative estimate of drug-likeness (QED) is 0.797. The van der Waals surface area contributed by atoms with E-state index in [4.69, 9.17) is 14.6 Å². The minimum atomic E-state index is -1.02. The Labute approximate surface area is 87.9 Å². The number of ether oxygens (including phenoxy) is 2. The van der Waals surface area contributed by atoms with E-state index in [1.54, 1.807) is 11.6 Å². The Hall–Kier alpha value is -1.82. The fourth-order valence-electron chi connectivity index (χ4n) is 1.54. The molecule has 0 fully saturated rings. The number of aromatic carboxylic acids is 1. The maximum absolute atomic E-state index is 11.0. The van der Waals surface area contributed by atoms with Gasteiger partial charge >= 0.3 is 5.97 Å². The normalized spacial score (nSPS) is 13.3. The summed E-state index contributed by atoms with van der Waals surface area (Å²) < 4.78 is 11.1.